The van der Waals surface area contributed by atoms with E-state index in [0.29, 0.717) is 19.2 Å². The van der Waals surface area contributed by atoms with Gasteiger partial charge in [-0.05, 0) is 69.1 Å². The molecule has 1 atom stereocenters. The molecule has 0 unspecified atom stereocenters. The Morgan fingerprint density at radius 1 is 1.10 bits per heavy atom. The molecule has 0 saturated carbocycles. The van der Waals surface area contributed by atoms with E-state index in [1.165, 1.54) is 44.3 Å². The number of hydrogen-bond donors (Lipinski definition) is 0. The number of nitriles is 1. The fourth-order valence-corrected chi connectivity index (χ4v) is 7.75. The molecule has 0 amide bonds. The van der Waals surface area contributed by atoms with Crippen LogP contribution in [0, 0.1) is 11.5 Å². The minimum atomic E-state index is 0.135. The molecule has 0 aliphatic carbocycles. The van der Waals surface area contributed by atoms with Gasteiger partial charge in [0.2, 0.25) is 0 Å². The second kappa shape index (κ2) is 10.3. The van der Waals surface area contributed by atoms with Gasteiger partial charge in [0.25, 0.3) is 0 Å². The summed E-state index contributed by atoms with van der Waals surface area (Å²) in [6, 6.07) is 13.2. The molecule has 2 aromatic carbocycles. The molecule has 9 heteroatoms. The number of likely N-dealkylation sites (tertiary alicyclic amines) is 1. The standard InChI is InChI=1S/C31H36ClN7O/c1-36(23-10-16-37(18-23)21-33)29-24-11-17-38(27-9-3-7-22-6-2-8-25(32)28(22)27)19-26(24)34-30(35-29)40-20-31-12-4-14-39(31)15-5-13-31/h2-3,6-9,23H,4-5,10-20H2,1H3/t23-/m1/s1. The number of ether oxygens (including phenoxy) is 1. The third-order valence-corrected chi connectivity index (χ3v) is 9.98. The maximum absolute atomic E-state index is 9.45. The van der Waals surface area contributed by atoms with Gasteiger partial charge in [0, 0.05) is 43.3 Å². The zero-order valence-electron chi connectivity index (χ0n) is 23.2. The Morgan fingerprint density at radius 3 is 2.67 bits per heavy atom. The maximum atomic E-state index is 9.45. The Morgan fingerprint density at radius 2 is 1.90 bits per heavy atom. The van der Waals surface area contributed by atoms with E-state index in [4.69, 9.17) is 26.3 Å². The number of halogens is 1. The molecule has 5 heterocycles. The molecule has 7 rings (SSSR count). The summed E-state index contributed by atoms with van der Waals surface area (Å²) in [4.78, 5) is 19.2. The van der Waals surface area contributed by atoms with Crippen molar-refractivity contribution in [3.05, 3.63) is 52.7 Å². The van der Waals surface area contributed by atoms with E-state index in [2.05, 4.69) is 52.2 Å². The number of anilines is 2. The normalized spacial score (nSPS) is 21.9. The van der Waals surface area contributed by atoms with Crippen molar-refractivity contribution < 1.29 is 4.74 Å². The van der Waals surface area contributed by atoms with Crippen LogP contribution in [0.2, 0.25) is 5.02 Å². The molecule has 0 radical (unpaired) electrons. The average molecular weight is 558 g/mol. The van der Waals surface area contributed by atoms with Crippen LogP contribution in [0.4, 0.5) is 11.5 Å². The van der Waals surface area contributed by atoms with Crippen molar-refractivity contribution in [2.24, 2.45) is 0 Å². The number of nitrogens with zero attached hydrogens (tertiary/aromatic N) is 7. The smallest absolute Gasteiger partial charge is 0.318 e. The second-order valence-corrected chi connectivity index (χ2v) is 12.3. The fraction of sp³-hybridized carbons (Fsp3) is 0.516. The summed E-state index contributed by atoms with van der Waals surface area (Å²) in [5.74, 6) is 0.951. The number of rotatable bonds is 6. The van der Waals surface area contributed by atoms with Crippen LogP contribution in [0.5, 0.6) is 6.01 Å². The Hall–Kier alpha value is -3.28. The SMILES string of the molecule is CN(c1nc(OCC23CCCN2CCC3)nc2c1CCN(c1cccc3cccc(Cl)c13)C2)[C@@H]1CCN(C#N)C1. The van der Waals surface area contributed by atoms with E-state index in [-0.39, 0.29) is 11.6 Å². The highest BCUT2D eigenvalue weighted by molar-refractivity contribution is 6.36. The third kappa shape index (κ3) is 4.40. The van der Waals surface area contributed by atoms with E-state index in [1.54, 1.807) is 0 Å². The van der Waals surface area contributed by atoms with Gasteiger partial charge in [0.15, 0.2) is 6.19 Å². The quantitative estimate of drug-likeness (QED) is 0.399. The van der Waals surface area contributed by atoms with Crippen molar-refractivity contribution >= 4 is 33.9 Å². The Balaban J connectivity index is 1.23. The molecule has 3 aromatic rings. The van der Waals surface area contributed by atoms with Crippen molar-refractivity contribution in [2.45, 2.75) is 56.7 Å². The Bertz CT molecular complexity index is 1460. The van der Waals surface area contributed by atoms with Crippen LogP contribution in [-0.4, -0.2) is 77.7 Å². The summed E-state index contributed by atoms with van der Waals surface area (Å²) >= 11 is 6.71. The molecule has 3 fully saturated rings. The molecule has 4 aliphatic rings. The highest BCUT2D eigenvalue weighted by Gasteiger charge is 2.45. The highest BCUT2D eigenvalue weighted by atomic mass is 35.5. The van der Waals surface area contributed by atoms with Gasteiger partial charge in [-0.2, -0.15) is 15.2 Å². The topological polar surface area (TPSA) is 71.8 Å². The van der Waals surface area contributed by atoms with Crippen molar-refractivity contribution in [3.8, 4) is 12.2 Å². The van der Waals surface area contributed by atoms with Crippen LogP contribution in [-0.2, 0) is 13.0 Å². The molecule has 208 valence electrons. The van der Waals surface area contributed by atoms with Crippen LogP contribution in [0.1, 0.15) is 43.4 Å². The molecule has 40 heavy (non-hydrogen) atoms. The van der Waals surface area contributed by atoms with E-state index in [9.17, 15) is 5.26 Å². The minimum Gasteiger partial charge on any atom is -0.461 e. The lowest BCUT2D eigenvalue weighted by Crippen LogP contribution is -2.43. The van der Waals surface area contributed by atoms with E-state index in [1.807, 2.05) is 17.0 Å². The average Bonchev–Trinajstić information content (AvgIpc) is 3.71. The molecular formula is C31H36ClN7O. The van der Waals surface area contributed by atoms with Gasteiger partial charge in [-0.3, -0.25) is 4.90 Å². The summed E-state index contributed by atoms with van der Waals surface area (Å²) in [6.07, 6.45) is 8.94. The van der Waals surface area contributed by atoms with Crippen LogP contribution in [0.3, 0.4) is 0 Å². The first-order valence-corrected chi connectivity index (χ1v) is 15.0. The van der Waals surface area contributed by atoms with Crippen molar-refractivity contribution in [1.29, 1.82) is 5.26 Å². The molecule has 3 saturated heterocycles. The largest absolute Gasteiger partial charge is 0.461 e. The van der Waals surface area contributed by atoms with Crippen LogP contribution in [0.15, 0.2) is 36.4 Å². The Labute approximate surface area is 241 Å². The summed E-state index contributed by atoms with van der Waals surface area (Å²) in [7, 11) is 2.11. The predicted molar refractivity (Wildman–Crippen MR) is 158 cm³/mol. The van der Waals surface area contributed by atoms with Gasteiger partial charge in [-0.1, -0.05) is 35.9 Å². The molecular weight excluding hydrogens is 522 g/mol. The predicted octanol–water partition coefficient (Wildman–Crippen LogP) is 4.84. The number of benzene rings is 2. The molecule has 8 nitrogen and oxygen atoms in total. The van der Waals surface area contributed by atoms with Gasteiger partial charge in [0.05, 0.1) is 28.8 Å². The lowest BCUT2D eigenvalue weighted by Gasteiger charge is -2.35. The fourth-order valence-electron chi connectivity index (χ4n) is 7.47. The zero-order valence-corrected chi connectivity index (χ0v) is 23.9. The highest BCUT2D eigenvalue weighted by Crippen LogP contribution is 2.40. The maximum Gasteiger partial charge on any atom is 0.318 e. The van der Waals surface area contributed by atoms with Gasteiger partial charge >= 0.3 is 6.01 Å². The van der Waals surface area contributed by atoms with Gasteiger partial charge in [-0.25, -0.2) is 0 Å². The summed E-state index contributed by atoms with van der Waals surface area (Å²) < 4.78 is 6.49. The van der Waals surface area contributed by atoms with Gasteiger partial charge in [-0.15, -0.1) is 0 Å². The number of fused-ring (bicyclic) bond motifs is 3. The first-order chi connectivity index (χ1) is 19.5. The molecule has 0 N–H and O–H groups in total. The van der Waals surface area contributed by atoms with Crippen molar-refractivity contribution in [3.63, 3.8) is 0 Å². The van der Waals surface area contributed by atoms with Gasteiger partial charge in [0.1, 0.15) is 12.4 Å². The number of aromatic nitrogens is 2. The summed E-state index contributed by atoms with van der Waals surface area (Å²) in [5, 5.41) is 12.4. The molecule has 0 bridgehead atoms. The minimum absolute atomic E-state index is 0.135. The van der Waals surface area contributed by atoms with E-state index >= 15 is 0 Å². The van der Waals surface area contributed by atoms with Gasteiger partial charge < -0.3 is 19.4 Å². The molecule has 1 aromatic heterocycles. The summed E-state index contributed by atoms with van der Waals surface area (Å²) in [5.41, 5.74) is 3.48. The monoisotopic (exact) mass is 557 g/mol. The van der Waals surface area contributed by atoms with Crippen molar-refractivity contribution in [2.75, 3.05) is 56.2 Å². The first-order valence-electron chi connectivity index (χ1n) is 14.6. The number of hydrogen-bond acceptors (Lipinski definition) is 8. The van der Waals surface area contributed by atoms with Crippen LogP contribution in [0.25, 0.3) is 10.8 Å². The summed E-state index contributed by atoms with van der Waals surface area (Å²) in [6.45, 7) is 6.02. The second-order valence-electron chi connectivity index (χ2n) is 11.8. The molecule has 0 spiro atoms. The van der Waals surface area contributed by atoms with E-state index in [0.717, 1.165) is 65.5 Å². The first kappa shape index (κ1) is 25.7. The lowest BCUT2D eigenvalue weighted by atomic mass is 9.95. The van der Waals surface area contributed by atoms with Crippen molar-refractivity contribution in [1.82, 2.24) is 19.8 Å². The number of likely N-dealkylation sites (N-methyl/N-ethyl adjacent to an activating group) is 1. The third-order valence-electron chi connectivity index (χ3n) is 9.66. The Kier molecular flexibility index (Phi) is 6.60. The zero-order chi connectivity index (χ0) is 27.3. The lowest BCUT2D eigenvalue weighted by molar-refractivity contribution is 0.107. The van der Waals surface area contributed by atoms with Crippen LogP contribution < -0.4 is 14.5 Å². The van der Waals surface area contributed by atoms with E-state index < -0.39 is 0 Å². The van der Waals surface area contributed by atoms with Crippen LogP contribution >= 0.6 is 11.6 Å². The molecule has 4 aliphatic heterocycles.